The van der Waals surface area contributed by atoms with Crippen molar-refractivity contribution in [1.82, 2.24) is 10.3 Å². The van der Waals surface area contributed by atoms with Crippen molar-refractivity contribution in [2.75, 3.05) is 7.05 Å². The summed E-state index contributed by atoms with van der Waals surface area (Å²) in [5, 5.41) is 3.34. The minimum absolute atomic E-state index is 0.311. The third kappa shape index (κ3) is 3.28. The van der Waals surface area contributed by atoms with E-state index in [9.17, 15) is 0 Å². The Morgan fingerprint density at radius 2 is 2.24 bits per heavy atom. The monoisotopic (exact) mass is 266 g/mol. The standard InChI is InChI=1S/C13H15ClN2S/c1-9-7-10(5-6-16-9)12(15-2)8-11-3-4-13(14)17-11/h3-7,12,15H,8H2,1-2H3. The first-order chi connectivity index (χ1) is 8.19. The predicted molar refractivity (Wildman–Crippen MR) is 73.8 cm³/mol. The maximum absolute atomic E-state index is 5.95. The summed E-state index contributed by atoms with van der Waals surface area (Å²) in [6.07, 6.45) is 2.81. The Morgan fingerprint density at radius 3 is 2.82 bits per heavy atom. The van der Waals surface area contributed by atoms with Gasteiger partial charge in [-0.25, -0.2) is 0 Å². The van der Waals surface area contributed by atoms with E-state index >= 15 is 0 Å². The van der Waals surface area contributed by atoms with Gasteiger partial charge in [0.25, 0.3) is 0 Å². The zero-order chi connectivity index (χ0) is 12.3. The number of aromatic nitrogens is 1. The van der Waals surface area contributed by atoms with Crippen LogP contribution in [-0.4, -0.2) is 12.0 Å². The second kappa shape index (κ2) is 5.63. The van der Waals surface area contributed by atoms with Gasteiger partial charge in [0, 0.05) is 29.2 Å². The summed E-state index contributed by atoms with van der Waals surface area (Å²) in [7, 11) is 1.98. The molecule has 90 valence electrons. The van der Waals surface area contributed by atoms with E-state index in [1.165, 1.54) is 10.4 Å². The van der Waals surface area contributed by atoms with Crippen molar-refractivity contribution in [2.24, 2.45) is 0 Å². The van der Waals surface area contributed by atoms with Gasteiger partial charge in [-0.15, -0.1) is 11.3 Å². The van der Waals surface area contributed by atoms with Crippen LogP contribution in [0.3, 0.4) is 0 Å². The van der Waals surface area contributed by atoms with Gasteiger partial charge in [-0.3, -0.25) is 4.98 Å². The number of hydrogen-bond donors (Lipinski definition) is 1. The van der Waals surface area contributed by atoms with E-state index in [1.807, 2.05) is 26.2 Å². The Morgan fingerprint density at radius 1 is 1.41 bits per heavy atom. The molecular formula is C13H15ClN2S. The zero-order valence-electron chi connectivity index (χ0n) is 9.90. The van der Waals surface area contributed by atoms with E-state index in [0.717, 1.165) is 16.5 Å². The number of rotatable bonds is 4. The summed E-state index contributed by atoms with van der Waals surface area (Å²) in [5.41, 5.74) is 2.32. The normalized spacial score (nSPS) is 12.6. The highest BCUT2D eigenvalue weighted by Crippen LogP contribution is 2.26. The zero-order valence-corrected chi connectivity index (χ0v) is 11.5. The number of likely N-dealkylation sites (N-methyl/N-ethyl adjacent to an activating group) is 1. The molecule has 1 N–H and O–H groups in total. The number of nitrogens with zero attached hydrogens (tertiary/aromatic N) is 1. The first-order valence-corrected chi connectivity index (χ1v) is 6.72. The molecule has 0 bridgehead atoms. The first kappa shape index (κ1) is 12.6. The third-order valence-corrected chi connectivity index (χ3v) is 3.96. The van der Waals surface area contributed by atoms with Crippen molar-refractivity contribution < 1.29 is 0 Å². The fourth-order valence-corrected chi connectivity index (χ4v) is 2.97. The lowest BCUT2D eigenvalue weighted by Crippen LogP contribution is -2.18. The third-order valence-electron chi connectivity index (χ3n) is 2.71. The predicted octanol–water partition coefficient (Wildman–Crippen LogP) is 3.61. The van der Waals surface area contributed by atoms with Crippen molar-refractivity contribution in [3.63, 3.8) is 0 Å². The van der Waals surface area contributed by atoms with Crippen LogP contribution >= 0.6 is 22.9 Å². The van der Waals surface area contributed by atoms with Crippen LogP contribution in [0.25, 0.3) is 0 Å². The number of nitrogens with one attached hydrogen (secondary N) is 1. The van der Waals surface area contributed by atoms with Crippen LogP contribution in [-0.2, 0) is 6.42 Å². The van der Waals surface area contributed by atoms with Crippen molar-refractivity contribution in [3.8, 4) is 0 Å². The highest BCUT2D eigenvalue weighted by Gasteiger charge is 2.11. The maximum Gasteiger partial charge on any atom is 0.0931 e. The van der Waals surface area contributed by atoms with Gasteiger partial charge in [-0.05, 0) is 43.8 Å². The fourth-order valence-electron chi connectivity index (χ4n) is 1.83. The van der Waals surface area contributed by atoms with E-state index < -0.39 is 0 Å². The molecule has 0 spiro atoms. The van der Waals surface area contributed by atoms with Gasteiger partial charge in [0.15, 0.2) is 0 Å². The molecule has 0 saturated carbocycles. The Kier molecular flexibility index (Phi) is 4.15. The van der Waals surface area contributed by atoms with Crippen molar-refractivity contribution >= 4 is 22.9 Å². The van der Waals surface area contributed by atoms with Crippen LogP contribution < -0.4 is 5.32 Å². The lowest BCUT2D eigenvalue weighted by molar-refractivity contribution is 0.595. The molecule has 2 rings (SSSR count). The molecule has 1 unspecified atom stereocenters. The molecule has 0 aliphatic carbocycles. The summed E-state index contributed by atoms with van der Waals surface area (Å²) in [4.78, 5) is 5.52. The van der Waals surface area contributed by atoms with Crippen LogP contribution in [0, 0.1) is 6.92 Å². The van der Waals surface area contributed by atoms with Crippen LogP contribution in [0.15, 0.2) is 30.5 Å². The molecule has 2 aromatic heterocycles. The molecule has 0 radical (unpaired) electrons. The highest BCUT2D eigenvalue weighted by molar-refractivity contribution is 7.16. The molecule has 0 aliphatic heterocycles. The second-order valence-corrected chi connectivity index (χ2v) is 5.78. The quantitative estimate of drug-likeness (QED) is 0.915. The SMILES string of the molecule is CNC(Cc1ccc(Cl)s1)c1ccnc(C)c1. The molecule has 17 heavy (non-hydrogen) atoms. The molecule has 0 amide bonds. The number of hydrogen-bond acceptors (Lipinski definition) is 3. The molecule has 0 aliphatic rings. The van der Waals surface area contributed by atoms with E-state index in [4.69, 9.17) is 11.6 Å². The number of halogens is 1. The van der Waals surface area contributed by atoms with E-state index in [2.05, 4.69) is 28.5 Å². The number of pyridine rings is 1. The number of aryl methyl sites for hydroxylation is 1. The maximum atomic E-state index is 5.95. The minimum Gasteiger partial charge on any atom is -0.313 e. The van der Waals surface area contributed by atoms with Crippen LogP contribution in [0.1, 0.15) is 22.2 Å². The molecular weight excluding hydrogens is 252 g/mol. The Labute approximate surface area is 111 Å². The molecule has 2 aromatic rings. The molecule has 0 fully saturated rings. The van der Waals surface area contributed by atoms with Crippen molar-refractivity contribution in [1.29, 1.82) is 0 Å². The fraction of sp³-hybridized carbons (Fsp3) is 0.308. The largest absolute Gasteiger partial charge is 0.313 e. The molecule has 2 heterocycles. The van der Waals surface area contributed by atoms with Gasteiger partial charge in [-0.2, -0.15) is 0 Å². The molecule has 0 aromatic carbocycles. The van der Waals surface area contributed by atoms with Crippen LogP contribution in [0.5, 0.6) is 0 Å². The lowest BCUT2D eigenvalue weighted by Gasteiger charge is -2.15. The average Bonchev–Trinajstić information content (AvgIpc) is 2.72. The van der Waals surface area contributed by atoms with Crippen molar-refractivity contribution in [3.05, 3.63) is 50.9 Å². The van der Waals surface area contributed by atoms with Gasteiger partial charge in [0.05, 0.1) is 4.34 Å². The molecule has 0 saturated heterocycles. The molecule has 4 heteroatoms. The summed E-state index contributed by atoms with van der Waals surface area (Å²) in [6, 6.07) is 8.53. The van der Waals surface area contributed by atoms with Gasteiger partial charge in [0.2, 0.25) is 0 Å². The highest BCUT2D eigenvalue weighted by atomic mass is 35.5. The summed E-state index contributed by atoms with van der Waals surface area (Å²) >= 11 is 7.59. The minimum atomic E-state index is 0.311. The van der Waals surface area contributed by atoms with Crippen LogP contribution in [0.2, 0.25) is 4.34 Å². The topological polar surface area (TPSA) is 24.9 Å². The lowest BCUT2D eigenvalue weighted by atomic mass is 10.0. The molecule has 2 nitrogen and oxygen atoms in total. The van der Waals surface area contributed by atoms with E-state index in [1.54, 1.807) is 11.3 Å². The van der Waals surface area contributed by atoms with Gasteiger partial charge in [0.1, 0.15) is 0 Å². The van der Waals surface area contributed by atoms with Crippen LogP contribution in [0.4, 0.5) is 0 Å². The van der Waals surface area contributed by atoms with Gasteiger partial charge < -0.3 is 5.32 Å². The first-order valence-electron chi connectivity index (χ1n) is 5.53. The smallest absolute Gasteiger partial charge is 0.0931 e. The van der Waals surface area contributed by atoms with E-state index in [0.29, 0.717) is 6.04 Å². The molecule has 1 atom stereocenters. The summed E-state index contributed by atoms with van der Waals surface area (Å²) in [6.45, 7) is 2.01. The summed E-state index contributed by atoms with van der Waals surface area (Å²) in [5.74, 6) is 0. The van der Waals surface area contributed by atoms with Crippen molar-refractivity contribution in [2.45, 2.75) is 19.4 Å². The Balaban J connectivity index is 2.16. The summed E-state index contributed by atoms with van der Waals surface area (Å²) < 4.78 is 0.848. The number of thiophene rings is 1. The average molecular weight is 267 g/mol. The van der Waals surface area contributed by atoms with Gasteiger partial charge in [-0.1, -0.05) is 11.6 Å². The second-order valence-electron chi connectivity index (χ2n) is 3.98. The van der Waals surface area contributed by atoms with E-state index in [-0.39, 0.29) is 0 Å². The van der Waals surface area contributed by atoms with Gasteiger partial charge >= 0.3 is 0 Å². The Bertz CT molecular complexity index is 496. The Hall–Kier alpha value is -0.900.